The van der Waals surface area contributed by atoms with Gasteiger partial charge in [0.2, 0.25) is 5.69 Å². The Morgan fingerprint density at radius 2 is 1.28 bits per heavy atom. The molecule has 8 heteroatoms. The summed E-state index contributed by atoms with van der Waals surface area (Å²) in [5.74, 6) is 0. The second kappa shape index (κ2) is 10.3. The van der Waals surface area contributed by atoms with Crippen molar-refractivity contribution in [3.8, 4) is 16.8 Å². The molecule has 0 radical (unpaired) electrons. The molecule has 0 saturated heterocycles. The third-order valence-corrected chi connectivity index (χ3v) is 5.38. The molecular formula is C21H25Cl2N2O3P. The Bertz CT molecular complexity index is 980. The number of aryl methyl sites for hydroxylation is 4. The van der Waals surface area contributed by atoms with Crippen LogP contribution in [0.15, 0.2) is 61.2 Å². The SMILES string of the molecule is Cc1cc(C)c(-[n+]2ccc(-c3cc[n+](CCP(=O)(O)O)cc3)cc2)c(C)c1.[Cl-].[Cl-]. The smallest absolute Gasteiger partial charge is 0.331 e. The zero-order valence-electron chi connectivity index (χ0n) is 16.6. The van der Waals surface area contributed by atoms with E-state index < -0.39 is 7.60 Å². The van der Waals surface area contributed by atoms with E-state index in [9.17, 15) is 4.57 Å². The zero-order valence-corrected chi connectivity index (χ0v) is 19.0. The molecule has 3 aromatic rings. The van der Waals surface area contributed by atoms with E-state index in [4.69, 9.17) is 9.79 Å². The summed E-state index contributed by atoms with van der Waals surface area (Å²) in [6.45, 7) is 6.66. The molecule has 0 atom stereocenters. The average molecular weight is 455 g/mol. The minimum atomic E-state index is -3.97. The molecule has 0 amide bonds. The van der Waals surface area contributed by atoms with E-state index >= 15 is 0 Å². The quantitative estimate of drug-likeness (QED) is 0.319. The van der Waals surface area contributed by atoms with Gasteiger partial charge in [-0.15, -0.1) is 0 Å². The topological polar surface area (TPSA) is 65.3 Å². The average Bonchev–Trinajstić information content (AvgIpc) is 2.60. The molecule has 0 aliphatic heterocycles. The lowest BCUT2D eigenvalue weighted by molar-refractivity contribution is -0.692. The van der Waals surface area contributed by atoms with E-state index in [0.29, 0.717) is 6.54 Å². The summed E-state index contributed by atoms with van der Waals surface area (Å²) >= 11 is 0. The van der Waals surface area contributed by atoms with E-state index in [0.717, 1.165) is 11.1 Å². The van der Waals surface area contributed by atoms with Crippen molar-refractivity contribution in [1.29, 1.82) is 0 Å². The normalized spacial score (nSPS) is 10.8. The Balaban J connectivity index is 0.00000210. The Hall–Kier alpha value is -1.75. The van der Waals surface area contributed by atoms with Gasteiger partial charge in [0.05, 0.1) is 0 Å². The van der Waals surface area contributed by atoms with Gasteiger partial charge in [0.15, 0.2) is 31.3 Å². The highest BCUT2D eigenvalue weighted by Crippen LogP contribution is 2.33. The summed E-state index contributed by atoms with van der Waals surface area (Å²) in [5, 5.41) is 0. The van der Waals surface area contributed by atoms with Crippen LogP contribution in [0.2, 0.25) is 0 Å². The minimum absolute atomic E-state index is 0. The van der Waals surface area contributed by atoms with Crippen LogP contribution in [-0.4, -0.2) is 15.9 Å². The fourth-order valence-electron chi connectivity index (χ4n) is 3.39. The molecule has 0 saturated carbocycles. The van der Waals surface area contributed by atoms with Gasteiger partial charge in [-0.25, -0.2) is 4.57 Å². The first-order valence-corrected chi connectivity index (χ1v) is 10.7. The van der Waals surface area contributed by atoms with E-state index in [-0.39, 0.29) is 31.0 Å². The molecule has 1 aromatic carbocycles. The van der Waals surface area contributed by atoms with E-state index in [1.54, 1.807) is 4.57 Å². The van der Waals surface area contributed by atoms with Crippen LogP contribution < -0.4 is 33.9 Å². The van der Waals surface area contributed by atoms with Gasteiger partial charge in [0.25, 0.3) is 0 Å². The zero-order chi connectivity index (χ0) is 19.6. The van der Waals surface area contributed by atoms with E-state index in [1.807, 2.05) is 24.5 Å². The number of nitrogens with zero attached hydrogens (tertiary/aromatic N) is 2. The van der Waals surface area contributed by atoms with E-state index in [1.165, 1.54) is 22.4 Å². The van der Waals surface area contributed by atoms with Crippen molar-refractivity contribution in [2.75, 3.05) is 6.16 Å². The highest BCUT2D eigenvalue weighted by atomic mass is 35.5. The number of pyridine rings is 2. The van der Waals surface area contributed by atoms with Gasteiger partial charge < -0.3 is 34.6 Å². The maximum Gasteiger partial charge on any atom is 0.331 e. The van der Waals surface area contributed by atoms with Crippen molar-refractivity contribution in [1.82, 2.24) is 0 Å². The van der Waals surface area contributed by atoms with Crippen molar-refractivity contribution in [2.45, 2.75) is 27.3 Å². The Labute approximate surface area is 184 Å². The van der Waals surface area contributed by atoms with Crippen LogP contribution in [0.1, 0.15) is 16.7 Å². The maximum atomic E-state index is 11.0. The molecule has 2 heterocycles. The first kappa shape index (κ1) is 25.3. The van der Waals surface area contributed by atoms with Gasteiger partial charge >= 0.3 is 7.60 Å². The number of rotatable bonds is 5. The summed E-state index contributed by atoms with van der Waals surface area (Å²) in [7, 11) is -3.97. The van der Waals surface area contributed by atoms with E-state index in [2.05, 4.69) is 62.0 Å². The van der Waals surface area contributed by atoms with Crippen LogP contribution in [0, 0.1) is 20.8 Å². The molecule has 3 rings (SSSR count). The van der Waals surface area contributed by atoms with Gasteiger partial charge in [-0.2, -0.15) is 4.57 Å². The number of hydrogen-bond donors (Lipinski definition) is 2. The molecule has 0 aliphatic carbocycles. The van der Waals surface area contributed by atoms with Crippen LogP contribution in [0.4, 0.5) is 0 Å². The fourth-order valence-corrected chi connectivity index (χ4v) is 3.88. The first-order chi connectivity index (χ1) is 12.7. The van der Waals surface area contributed by atoms with Crippen LogP contribution >= 0.6 is 7.60 Å². The predicted molar refractivity (Wildman–Crippen MR) is 105 cm³/mol. The van der Waals surface area contributed by atoms with Crippen LogP contribution in [-0.2, 0) is 11.1 Å². The van der Waals surface area contributed by atoms with Gasteiger partial charge in [-0.1, -0.05) is 5.56 Å². The second-order valence-electron chi connectivity index (χ2n) is 6.95. The van der Waals surface area contributed by atoms with Crippen molar-refractivity contribution in [3.05, 3.63) is 77.9 Å². The molecule has 156 valence electrons. The largest absolute Gasteiger partial charge is 1.00 e. The molecule has 2 N–H and O–H groups in total. The Morgan fingerprint density at radius 3 is 1.72 bits per heavy atom. The Morgan fingerprint density at radius 1 is 0.828 bits per heavy atom. The van der Waals surface area contributed by atoms with Crippen LogP contribution in [0.25, 0.3) is 16.8 Å². The first-order valence-electron chi connectivity index (χ1n) is 8.86. The van der Waals surface area contributed by atoms with Gasteiger partial charge in [-0.3, -0.25) is 4.57 Å². The lowest BCUT2D eigenvalue weighted by Crippen LogP contribution is -3.00. The molecule has 0 bridgehead atoms. The van der Waals surface area contributed by atoms with Crippen molar-refractivity contribution in [2.24, 2.45) is 0 Å². The fraction of sp³-hybridized carbons (Fsp3) is 0.238. The molecule has 0 spiro atoms. The Kier molecular flexibility index (Phi) is 9.01. The highest BCUT2D eigenvalue weighted by Gasteiger charge is 2.17. The van der Waals surface area contributed by atoms with Crippen molar-refractivity contribution in [3.63, 3.8) is 0 Å². The standard InChI is InChI=1S/C21H23N2O3P.2ClH/c1-16-14-17(2)21(18(3)15-16)23-10-6-20(7-11-23)19-4-8-22(9-5-19)12-13-27(24,25)26;;/h4-11,14-15H,12-13H2,1-3H3;2*1H. The summed E-state index contributed by atoms with van der Waals surface area (Å²) < 4.78 is 14.9. The third-order valence-electron chi connectivity index (χ3n) is 4.60. The predicted octanol–water partition coefficient (Wildman–Crippen LogP) is -2.97. The molecule has 0 fully saturated rings. The number of hydrogen-bond acceptors (Lipinski definition) is 1. The molecular weight excluding hydrogens is 430 g/mol. The van der Waals surface area contributed by atoms with Crippen LogP contribution in [0.3, 0.4) is 0 Å². The molecule has 0 aliphatic rings. The van der Waals surface area contributed by atoms with Crippen LogP contribution in [0.5, 0.6) is 0 Å². The lowest BCUT2D eigenvalue weighted by Gasteiger charge is -2.07. The second-order valence-corrected chi connectivity index (χ2v) is 8.73. The summed E-state index contributed by atoms with van der Waals surface area (Å²) in [6.07, 6.45) is 7.67. The maximum absolute atomic E-state index is 11.0. The summed E-state index contributed by atoms with van der Waals surface area (Å²) in [4.78, 5) is 18.0. The molecule has 0 unspecified atom stereocenters. The van der Waals surface area contributed by atoms with Crippen molar-refractivity contribution >= 4 is 7.60 Å². The third kappa shape index (κ3) is 6.63. The van der Waals surface area contributed by atoms with Gasteiger partial charge in [0.1, 0.15) is 6.16 Å². The number of halogens is 2. The number of benzene rings is 1. The lowest BCUT2D eigenvalue weighted by atomic mass is 10.0. The van der Waals surface area contributed by atoms with Crippen molar-refractivity contribution < 1.29 is 48.3 Å². The van der Waals surface area contributed by atoms with Gasteiger partial charge in [0, 0.05) is 35.4 Å². The molecule has 2 aromatic heterocycles. The summed E-state index contributed by atoms with van der Waals surface area (Å²) in [5.41, 5.74) is 7.12. The molecule has 5 nitrogen and oxygen atoms in total. The highest BCUT2D eigenvalue weighted by molar-refractivity contribution is 7.51. The monoisotopic (exact) mass is 454 g/mol. The minimum Gasteiger partial charge on any atom is -1.00 e. The number of aromatic nitrogens is 2. The van der Waals surface area contributed by atoms with Gasteiger partial charge in [-0.05, 0) is 44.0 Å². The molecule has 29 heavy (non-hydrogen) atoms. The summed E-state index contributed by atoms with van der Waals surface area (Å²) in [6, 6.07) is 12.5.